The second kappa shape index (κ2) is 4.20. The van der Waals surface area contributed by atoms with Gasteiger partial charge in [0.1, 0.15) is 0 Å². The first-order chi connectivity index (χ1) is 8.92. The Kier molecular flexibility index (Phi) is 2.51. The van der Waals surface area contributed by atoms with Gasteiger partial charge in [0.25, 0.3) is 0 Å². The highest BCUT2D eigenvalue weighted by atomic mass is 14.9. The van der Waals surface area contributed by atoms with Crippen LogP contribution >= 0.6 is 0 Å². The average molecular weight is 240 g/mol. The fourth-order valence-corrected chi connectivity index (χ4v) is 4.53. The molecule has 3 aliphatic rings. The van der Waals surface area contributed by atoms with Crippen LogP contribution in [0.3, 0.4) is 0 Å². The first-order valence-corrected chi connectivity index (χ1v) is 7.21. The van der Waals surface area contributed by atoms with E-state index in [-0.39, 0.29) is 0 Å². The molecular weight excluding hydrogens is 220 g/mol. The van der Waals surface area contributed by atoms with Crippen LogP contribution in [0, 0.1) is 23.7 Å². The maximum absolute atomic E-state index is 4.18. The summed E-state index contributed by atoms with van der Waals surface area (Å²) in [6, 6.07) is 4.91. The molecule has 2 fully saturated rings. The molecule has 0 radical (unpaired) electrons. The molecule has 0 amide bonds. The summed E-state index contributed by atoms with van der Waals surface area (Å²) < 4.78 is 0. The highest BCUT2D eigenvalue weighted by Crippen LogP contribution is 2.56. The van der Waals surface area contributed by atoms with Gasteiger partial charge in [0.15, 0.2) is 0 Å². The van der Waals surface area contributed by atoms with Gasteiger partial charge in [-0.25, -0.2) is 0 Å². The number of nitrogens with zero attached hydrogens (tertiary/aromatic N) is 1. The molecule has 2 saturated carbocycles. The first-order valence-electron chi connectivity index (χ1n) is 7.21. The highest BCUT2D eigenvalue weighted by molar-refractivity contribution is 5.16. The summed E-state index contributed by atoms with van der Waals surface area (Å²) in [5.41, 5.74) is 1.30. The van der Waals surface area contributed by atoms with E-state index in [1.165, 1.54) is 24.8 Å². The molecule has 2 heteroatoms. The lowest BCUT2D eigenvalue weighted by molar-refractivity contribution is 0.230. The van der Waals surface area contributed by atoms with Crippen molar-refractivity contribution in [1.82, 2.24) is 10.3 Å². The topological polar surface area (TPSA) is 24.9 Å². The van der Waals surface area contributed by atoms with E-state index in [2.05, 4.69) is 28.5 Å². The van der Waals surface area contributed by atoms with Gasteiger partial charge >= 0.3 is 0 Å². The van der Waals surface area contributed by atoms with Crippen LogP contribution in [-0.2, 0) is 6.54 Å². The Morgan fingerprint density at radius 3 is 3.17 bits per heavy atom. The molecule has 2 bridgehead atoms. The summed E-state index contributed by atoms with van der Waals surface area (Å²) in [5, 5.41) is 3.77. The van der Waals surface area contributed by atoms with Crippen molar-refractivity contribution in [2.75, 3.05) is 0 Å². The summed E-state index contributed by atoms with van der Waals surface area (Å²) in [6.07, 6.45) is 12.9. The van der Waals surface area contributed by atoms with E-state index in [1.807, 2.05) is 18.5 Å². The molecule has 1 heterocycles. The fraction of sp³-hybridized carbons (Fsp3) is 0.562. The summed E-state index contributed by atoms with van der Waals surface area (Å²) in [5.74, 6) is 3.76. The van der Waals surface area contributed by atoms with Crippen LogP contribution in [0.5, 0.6) is 0 Å². The van der Waals surface area contributed by atoms with Gasteiger partial charge in [0, 0.05) is 25.0 Å². The lowest BCUT2D eigenvalue weighted by Crippen LogP contribution is -2.38. The molecule has 5 unspecified atom stereocenters. The van der Waals surface area contributed by atoms with Crippen LogP contribution < -0.4 is 5.32 Å². The molecule has 0 saturated heterocycles. The molecule has 1 aromatic heterocycles. The minimum atomic E-state index is 0.735. The Labute approximate surface area is 109 Å². The number of fused-ring (bicyclic) bond motifs is 5. The molecule has 0 spiro atoms. The van der Waals surface area contributed by atoms with E-state index in [1.54, 1.807) is 0 Å². The van der Waals surface area contributed by atoms with Crippen molar-refractivity contribution in [2.24, 2.45) is 23.7 Å². The van der Waals surface area contributed by atoms with Gasteiger partial charge in [-0.3, -0.25) is 4.98 Å². The standard InChI is InChI=1S/C16H20N2/c1-4-13-12-7-15(14(13)5-1)16(8-12)18-10-11-3-2-6-17-9-11/h1-3,5-6,9,12-16,18H,4,7-8,10H2. The smallest absolute Gasteiger partial charge is 0.0312 e. The maximum atomic E-state index is 4.18. The van der Waals surface area contributed by atoms with Crippen LogP contribution in [0.25, 0.3) is 0 Å². The second-order valence-electron chi connectivity index (χ2n) is 6.15. The van der Waals surface area contributed by atoms with Crippen molar-refractivity contribution in [2.45, 2.75) is 31.8 Å². The zero-order valence-electron chi connectivity index (χ0n) is 10.6. The van der Waals surface area contributed by atoms with Crippen LogP contribution in [0.1, 0.15) is 24.8 Å². The minimum absolute atomic E-state index is 0.735. The molecule has 18 heavy (non-hydrogen) atoms. The number of hydrogen-bond donors (Lipinski definition) is 1. The quantitative estimate of drug-likeness (QED) is 0.822. The third-order valence-electron chi connectivity index (χ3n) is 5.30. The predicted molar refractivity (Wildman–Crippen MR) is 71.8 cm³/mol. The average Bonchev–Trinajstić information content (AvgIpc) is 3.09. The number of nitrogens with one attached hydrogen (secondary N) is 1. The van der Waals surface area contributed by atoms with Gasteiger partial charge in [-0.1, -0.05) is 18.2 Å². The first kappa shape index (κ1) is 10.7. The van der Waals surface area contributed by atoms with E-state index < -0.39 is 0 Å². The molecule has 1 N–H and O–H groups in total. The predicted octanol–water partition coefficient (Wildman–Crippen LogP) is 2.77. The van der Waals surface area contributed by atoms with Crippen molar-refractivity contribution in [1.29, 1.82) is 0 Å². The van der Waals surface area contributed by atoms with Crippen molar-refractivity contribution in [3.8, 4) is 0 Å². The van der Waals surface area contributed by atoms with Crippen molar-refractivity contribution in [3.63, 3.8) is 0 Å². The zero-order valence-corrected chi connectivity index (χ0v) is 10.6. The van der Waals surface area contributed by atoms with Crippen LogP contribution in [-0.4, -0.2) is 11.0 Å². The van der Waals surface area contributed by atoms with E-state index in [9.17, 15) is 0 Å². The Balaban J connectivity index is 1.41. The number of pyridine rings is 1. The molecule has 3 aliphatic carbocycles. The molecule has 0 aromatic carbocycles. The summed E-state index contributed by atoms with van der Waals surface area (Å²) in [7, 11) is 0. The molecule has 0 aliphatic heterocycles. The van der Waals surface area contributed by atoms with E-state index in [0.29, 0.717) is 0 Å². The maximum Gasteiger partial charge on any atom is 0.0312 e. The second-order valence-corrected chi connectivity index (χ2v) is 6.15. The van der Waals surface area contributed by atoms with Crippen molar-refractivity contribution < 1.29 is 0 Å². The third kappa shape index (κ3) is 1.63. The molecule has 1 aromatic rings. The van der Waals surface area contributed by atoms with Crippen LogP contribution in [0.2, 0.25) is 0 Å². The van der Waals surface area contributed by atoms with E-state index in [4.69, 9.17) is 0 Å². The lowest BCUT2D eigenvalue weighted by atomic mass is 9.79. The van der Waals surface area contributed by atoms with Gasteiger partial charge in [0.05, 0.1) is 0 Å². The summed E-state index contributed by atoms with van der Waals surface area (Å²) in [6.45, 7) is 0.975. The Bertz CT molecular complexity index is 453. The van der Waals surface area contributed by atoms with Gasteiger partial charge < -0.3 is 5.32 Å². The largest absolute Gasteiger partial charge is 0.310 e. The van der Waals surface area contributed by atoms with Gasteiger partial charge in [0.2, 0.25) is 0 Å². The van der Waals surface area contributed by atoms with Gasteiger partial charge in [-0.05, 0) is 54.6 Å². The monoisotopic (exact) mass is 240 g/mol. The number of hydrogen-bond acceptors (Lipinski definition) is 2. The highest BCUT2D eigenvalue weighted by Gasteiger charge is 2.51. The molecular formula is C16H20N2. The van der Waals surface area contributed by atoms with E-state index >= 15 is 0 Å². The minimum Gasteiger partial charge on any atom is -0.310 e. The third-order valence-corrected chi connectivity index (χ3v) is 5.30. The van der Waals surface area contributed by atoms with Crippen LogP contribution in [0.4, 0.5) is 0 Å². The normalized spacial score (nSPS) is 40.3. The summed E-state index contributed by atoms with van der Waals surface area (Å²) >= 11 is 0. The Morgan fingerprint density at radius 1 is 1.28 bits per heavy atom. The van der Waals surface area contributed by atoms with E-state index in [0.717, 1.165) is 36.3 Å². The fourth-order valence-electron chi connectivity index (χ4n) is 4.53. The Morgan fingerprint density at radius 2 is 2.28 bits per heavy atom. The Hall–Kier alpha value is -1.15. The van der Waals surface area contributed by atoms with Crippen molar-refractivity contribution in [3.05, 3.63) is 42.2 Å². The number of rotatable bonds is 3. The number of allylic oxidation sites excluding steroid dienone is 2. The van der Waals surface area contributed by atoms with Crippen molar-refractivity contribution >= 4 is 0 Å². The summed E-state index contributed by atoms with van der Waals surface area (Å²) in [4.78, 5) is 4.18. The molecule has 4 rings (SSSR count). The van der Waals surface area contributed by atoms with Gasteiger partial charge in [-0.15, -0.1) is 0 Å². The molecule has 2 nitrogen and oxygen atoms in total. The molecule has 5 atom stereocenters. The number of aromatic nitrogens is 1. The van der Waals surface area contributed by atoms with Gasteiger partial charge in [-0.2, -0.15) is 0 Å². The lowest BCUT2D eigenvalue weighted by Gasteiger charge is -2.31. The van der Waals surface area contributed by atoms with Crippen LogP contribution in [0.15, 0.2) is 36.7 Å². The molecule has 94 valence electrons. The zero-order chi connectivity index (χ0) is 11.9. The SMILES string of the molecule is C1=CC2C(C1)C1CC(NCc3cccnc3)C2C1.